The van der Waals surface area contributed by atoms with Gasteiger partial charge in [-0.15, -0.1) is 0 Å². The van der Waals surface area contributed by atoms with E-state index in [0.717, 1.165) is 12.8 Å². The molecule has 0 unspecified atom stereocenters. The summed E-state index contributed by atoms with van der Waals surface area (Å²) in [4.78, 5) is 18.8. The number of nitrogens with one attached hydrogen (secondary N) is 2. The first-order chi connectivity index (χ1) is 8.45. The van der Waals surface area contributed by atoms with Crippen LogP contribution in [0.2, 0.25) is 0 Å². The van der Waals surface area contributed by atoms with Gasteiger partial charge in [0, 0.05) is 13.6 Å². The zero-order valence-electron chi connectivity index (χ0n) is 10.8. The third-order valence-electron chi connectivity index (χ3n) is 3.25. The van der Waals surface area contributed by atoms with E-state index in [1.54, 1.807) is 14.0 Å². The molecule has 0 saturated heterocycles. The van der Waals surface area contributed by atoms with Crippen LogP contribution in [0.1, 0.15) is 25.5 Å². The van der Waals surface area contributed by atoms with Crippen LogP contribution >= 0.6 is 0 Å². The van der Waals surface area contributed by atoms with Gasteiger partial charge in [0.1, 0.15) is 5.69 Å². The first-order valence-electron chi connectivity index (χ1n) is 5.90. The molecule has 2 N–H and O–H groups in total. The molecule has 98 valence electrons. The van der Waals surface area contributed by atoms with Crippen molar-refractivity contribution in [3.8, 4) is 0 Å². The van der Waals surface area contributed by atoms with Gasteiger partial charge in [-0.2, -0.15) is 4.98 Å². The van der Waals surface area contributed by atoms with Gasteiger partial charge in [-0.3, -0.25) is 10.1 Å². The highest BCUT2D eigenvalue weighted by molar-refractivity contribution is 5.60. The van der Waals surface area contributed by atoms with Crippen molar-refractivity contribution in [2.24, 2.45) is 5.41 Å². The molecule has 1 saturated carbocycles. The first kappa shape index (κ1) is 12.5. The van der Waals surface area contributed by atoms with E-state index < -0.39 is 4.92 Å². The Morgan fingerprint density at radius 2 is 2.11 bits per heavy atom. The zero-order chi connectivity index (χ0) is 13.3. The molecule has 1 fully saturated rings. The van der Waals surface area contributed by atoms with Crippen LogP contribution in [0, 0.1) is 22.5 Å². The summed E-state index contributed by atoms with van der Waals surface area (Å²) in [6.45, 7) is 4.47. The number of nitrogens with zero attached hydrogens (tertiary/aromatic N) is 3. The molecular weight excluding hydrogens is 234 g/mol. The minimum Gasteiger partial charge on any atom is -0.364 e. The zero-order valence-corrected chi connectivity index (χ0v) is 10.8. The number of hydrogen-bond acceptors (Lipinski definition) is 6. The van der Waals surface area contributed by atoms with Crippen LogP contribution < -0.4 is 10.6 Å². The van der Waals surface area contributed by atoms with Crippen molar-refractivity contribution in [1.29, 1.82) is 0 Å². The maximum atomic E-state index is 11.0. The SMILES string of the molecule is CNc1nc(C)c([N+](=O)[O-])c(NCC2(C)CC2)n1. The highest BCUT2D eigenvalue weighted by atomic mass is 16.6. The molecule has 1 aromatic rings. The Morgan fingerprint density at radius 1 is 1.44 bits per heavy atom. The highest BCUT2D eigenvalue weighted by Crippen LogP contribution is 2.45. The fourth-order valence-corrected chi connectivity index (χ4v) is 1.71. The van der Waals surface area contributed by atoms with Crippen molar-refractivity contribution in [2.75, 3.05) is 24.2 Å². The maximum Gasteiger partial charge on any atom is 0.332 e. The molecule has 7 heteroatoms. The Morgan fingerprint density at radius 3 is 2.61 bits per heavy atom. The van der Waals surface area contributed by atoms with Crippen LogP contribution in [0.15, 0.2) is 0 Å². The van der Waals surface area contributed by atoms with Gasteiger partial charge < -0.3 is 10.6 Å². The van der Waals surface area contributed by atoms with E-state index in [4.69, 9.17) is 0 Å². The Balaban J connectivity index is 2.29. The molecule has 0 aliphatic heterocycles. The second-order valence-corrected chi connectivity index (χ2v) is 5.00. The van der Waals surface area contributed by atoms with Crippen molar-refractivity contribution < 1.29 is 4.92 Å². The van der Waals surface area contributed by atoms with E-state index in [0.29, 0.717) is 24.0 Å². The molecule has 7 nitrogen and oxygen atoms in total. The van der Waals surface area contributed by atoms with E-state index in [-0.39, 0.29) is 11.1 Å². The van der Waals surface area contributed by atoms with Crippen LogP contribution in [0.3, 0.4) is 0 Å². The lowest BCUT2D eigenvalue weighted by atomic mass is 10.1. The van der Waals surface area contributed by atoms with Gasteiger partial charge in [0.2, 0.25) is 11.8 Å². The van der Waals surface area contributed by atoms with Crippen LogP contribution in [-0.2, 0) is 0 Å². The molecule has 1 aliphatic carbocycles. The molecule has 0 amide bonds. The third-order valence-corrected chi connectivity index (χ3v) is 3.25. The van der Waals surface area contributed by atoms with Gasteiger partial charge in [0.05, 0.1) is 4.92 Å². The van der Waals surface area contributed by atoms with Gasteiger partial charge in [-0.25, -0.2) is 4.98 Å². The van der Waals surface area contributed by atoms with Gasteiger partial charge in [-0.05, 0) is 25.2 Å². The van der Waals surface area contributed by atoms with Crippen LogP contribution in [0.5, 0.6) is 0 Å². The molecule has 1 heterocycles. The third kappa shape index (κ3) is 2.49. The Bertz CT molecular complexity index is 485. The van der Waals surface area contributed by atoms with Crippen molar-refractivity contribution in [3.05, 3.63) is 15.8 Å². The van der Waals surface area contributed by atoms with Gasteiger partial charge in [-0.1, -0.05) is 6.92 Å². The van der Waals surface area contributed by atoms with E-state index in [2.05, 4.69) is 27.5 Å². The smallest absolute Gasteiger partial charge is 0.332 e. The minimum atomic E-state index is -0.438. The number of rotatable bonds is 5. The fourth-order valence-electron chi connectivity index (χ4n) is 1.71. The topological polar surface area (TPSA) is 93.0 Å². The largest absolute Gasteiger partial charge is 0.364 e. The summed E-state index contributed by atoms with van der Waals surface area (Å²) in [6, 6.07) is 0. The van der Waals surface area contributed by atoms with Gasteiger partial charge >= 0.3 is 5.69 Å². The first-order valence-corrected chi connectivity index (χ1v) is 5.90. The number of nitro groups is 1. The molecule has 0 aromatic carbocycles. The van der Waals surface area contributed by atoms with Crippen molar-refractivity contribution in [1.82, 2.24) is 9.97 Å². The molecule has 1 aliphatic rings. The van der Waals surface area contributed by atoms with Crippen molar-refractivity contribution >= 4 is 17.5 Å². The normalized spacial score (nSPS) is 16.2. The molecule has 18 heavy (non-hydrogen) atoms. The second kappa shape index (κ2) is 4.40. The average Bonchev–Trinajstić information content (AvgIpc) is 3.04. The lowest BCUT2D eigenvalue weighted by Gasteiger charge is -2.12. The number of aryl methyl sites for hydroxylation is 1. The summed E-state index contributed by atoms with van der Waals surface area (Å²) in [5.41, 5.74) is 0.577. The van der Waals surface area contributed by atoms with Crippen LogP contribution in [0.4, 0.5) is 17.5 Å². The Hall–Kier alpha value is -1.92. The summed E-state index contributed by atoms with van der Waals surface area (Å²) in [6.07, 6.45) is 2.30. The lowest BCUT2D eigenvalue weighted by molar-refractivity contribution is -0.385. The summed E-state index contributed by atoms with van der Waals surface area (Å²) in [5.74, 6) is 0.687. The molecule has 0 radical (unpaired) electrons. The number of aromatic nitrogens is 2. The fraction of sp³-hybridized carbons (Fsp3) is 0.636. The second-order valence-electron chi connectivity index (χ2n) is 5.00. The monoisotopic (exact) mass is 251 g/mol. The number of hydrogen-bond donors (Lipinski definition) is 2. The van der Waals surface area contributed by atoms with Crippen LogP contribution in [0.25, 0.3) is 0 Å². The minimum absolute atomic E-state index is 0.0433. The standard InChI is InChI=1S/C11H17N5O2/c1-7-8(16(17)18)9(15-10(12-3)14-7)13-6-11(2)4-5-11/h4-6H2,1-3H3,(H2,12,13,14,15). The predicted octanol–water partition coefficient (Wildman–Crippen LogP) is 1.95. The summed E-state index contributed by atoms with van der Waals surface area (Å²) < 4.78 is 0. The van der Waals surface area contributed by atoms with Crippen molar-refractivity contribution in [2.45, 2.75) is 26.7 Å². The predicted molar refractivity (Wildman–Crippen MR) is 68.8 cm³/mol. The van der Waals surface area contributed by atoms with Gasteiger partial charge in [0.15, 0.2) is 0 Å². The van der Waals surface area contributed by atoms with Crippen molar-refractivity contribution in [3.63, 3.8) is 0 Å². The van der Waals surface area contributed by atoms with Gasteiger partial charge in [0.25, 0.3) is 0 Å². The van der Waals surface area contributed by atoms with E-state index >= 15 is 0 Å². The Labute approximate surface area is 105 Å². The quantitative estimate of drug-likeness (QED) is 0.613. The summed E-state index contributed by atoms with van der Waals surface area (Å²) >= 11 is 0. The lowest BCUT2D eigenvalue weighted by Crippen LogP contribution is -2.15. The molecular formula is C11H17N5O2. The average molecular weight is 251 g/mol. The molecule has 1 aromatic heterocycles. The molecule has 0 atom stereocenters. The molecule has 2 rings (SSSR count). The van der Waals surface area contributed by atoms with E-state index in [9.17, 15) is 10.1 Å². The van der Waals surface area contributed by atoms with E-state index in [1.807, 2.05) is 0 Å². The summed E-state index contributed by atoms with van der Waals surface area (Å²) in [7, 11) is 1.69. The Kier molecular flexibility index (Phi) is 3.06. The molecule has 0 spiro atoms. The van der Waals surface area contributed by atoms with Crippen LogP contribution in [-0.4, -0.2) is 28.5 Å². The molecule has 0 bridgehead atoms. The summed E-state index contributed by atoms with van der Waals surface area (Å²) in [5, 5.41) is 16.9. The van der Waals surface area contributed by atoms with E-state index in [1.165, 1.54) is 0 Å². The highest BCUT2D eigenvalue weighted by Gasteiger charge is 2.37. The number of anilines is 2. The maximum absolute atomic E-state index is 11.0.